The fraction of sp³-hybridized carbons (Fsp3) is 0.417. The molecule has 1 saturated heterocycles. The maximum Gasteiger partial charge on any atom is 0.337 e. The lowest BCUT2D eigenvalue weighted by atomic mass is 10.1. The van der Waals surface area contributed by atoms with Crippen molar-refractivity contribution in [3.63, 3.8) is 0 Å². The summed E-state index contributed by atoms with van der Waals surface area (Å²) in [6.07, 6.45) is 1.99. The number of rotatable bonds is 2. The van der Waals surface area contributed by atoms with Crippen LogP contribution in [0.2, 0.25) is 0 Å². The second-order valence-corrected chi connectivity index (χ2v) is 4.38. The number of carbonyl (C=O) groups is 1. The summed E-state index contributed by atoms with van der Waals surface area (Å²) in [6, 6.07) is 2.65. The highest BCUT2D eigenvalue weighted by Gasteiger charge is 2.24. The predicted octanol–water partition coefficient (Wildman–Crippen LogP) is 2.09. The molecule has 1 heterocycles. The van der Waals surface area contributed by atoms with Crippen molar-refractivity contribution in [1.82, 2.24) is 0 Å². The number of halogens is 1. The van der Waals surface area contributed by atoms with E-state index in [2.05, 4.69) is 0 Å². The molecule has 1 aliphatic rings. The van der Waals surface area contributed by atoms with Gasteiger partial charge in [-0.05, 0) is 31.9 Å². The van der Waals surface area contributed by atoms with E-state index in [0.29, 0.717) is 5.69 Å². The molecule has 0 saturated carbocycles. The summed E-state index contributed by atoms with van der Waals surface area (Å²) >= 11 is 0. The van der Waals surface area contributed by atoms with Gasteiger partial charge < -0.3 is 15.7 Å². The summed E-state index contributed by atoms with van der Waals surface area (Å²) in [4.78, 5) is 12.9. The summed E-state index contributed by atoms with van der Waals surface area (Å²) in [5, 5.41) is 8.97. The van der Waals surface area contributed by atoms with E-state index in [0.717, 1.165) is 25.5 Å². The smallest absolute Gasteiger partial charge is 0.337 e. The van der Waals surface area contributed by atoms with E-state index >= 15 is 0 Å². The number of nitrogens with zero attached hydrogens (tertiary/aromatic N) is 1. The molecule has 1 fully saturated rings. The number of carboxylic acid groups (broad SMARTS) is 1. The number of anilines is 2. The van der Waals surface area contributed by atoms with E-state index in [9.17, 15) is 9.18 Å². The fourth-order valence-electron chi connectivity index (χ4n) is 2.27. The number of aromatic carboxylic acids is 1. The first-order valence-corrected chi connectivity index (χ1v) is 5.59. The molecular formula is C12H15FN2O2. The highest BCUT2D eigenvalue weighted by molar-refractivity contribution is 5.95. The third-order valence-electron chi connectivity index (χ3n) is 3.21. The average molecular weight is 238 g/mol. The molecule has 0 bridgehead atoms. The van der Waals surface area contributed by atoms with Crippen LogP contribution in [0, 0.1) is 5.82 Å². The SMILES string of the molecule is CC1CCCN1c1cc(C(=O)O)c(N)cc1F. The molecule has 0 aliphatic carbocycles. The van der Waals surface area contributed by atoms with Crippen LogP contribution in [-0.2, 0) is 0 Å². The third-order valence-corrected chi connectivity index (χ3v) is 3.21. The molecule has 0 spiro atoms. The Morgan fingerprint density at radius 1 is 1.59 bits per heavy atom. The summed E-state index contributed by atoms with van der Waals surface area (Å²) in [5.74, 6) is -1.59. The van der Waals surface area contributed by atoms with E-state index in [4.69, 9.17) is 10.8 Å². The zero-order valence-electron chi connectivity index (χ0n) is 9.61. The van der Waals surface area contributed by atoms with Gasteiger partial charge in [-0.1, -0.05) is 0 Å². The van der Waals surface area contributed by atoms with Crippen molar-refractivity contribution in [3.8, 4) is 0 Å². The van der Waals surface area contributed by atoms with Gasteiger partial charge in [-0.25, -0.2) is 9.18 Å². The van der Waals surface area contributed by atoms with Gasteiger partial charge in [0.1, 0.15) is 5.82 Å². The van der Waals surface area contributed by atoms with Crippen LogP contribution >= 0.6 is 0 Å². The van der Waals surface area contributed by atoms with Gasteiger partial charge in [0.2, 0.25) is 0 Å². The average Bonchev–Trinajstić information content (AvgIpc) is 2.64. The lowest BCUT2D eigenvalue weighted by Crippen LogP contribution is -2.27. The zero-order chi connectivity index (χ0) is 12.6. The number of carboxylic acids is 1. The van der Waals surface area contributed by atoms with Crippen LogP contribution in [0.3, 0.4) is 0 Å². The van der Waals surface area contributed by atoms with Gasteiger partial charge in [0.05, 0.1) is 11.3 Å². The molecule has 5 heteroatoms. The van der Waals surface area contributed by atoms with Crippen LogP contribution in [0.4, 0.5) is 15.8 Å². The van der Waals surface area contributed by atoms with Crippen LogP contribution in [0.1, 0.15) is 30.1 Å². The number of benzene rings is 1. The highest BCUT2D eigenvalue weighted by atomic mass is 19.1. The second kappa shape index (κ2) is 4.24. The van der Waals surface area contributed by atoms with Crippen LogP contribution in [0.25, 0.3) is 0 Å². The molecule has 4 nitrogen and oxygen atoms in total. The Morgan fingerprint density at radius 3 is 2.82 bits per heavy atom. The Morgan fingerprint density at radius 2 is 2.29 bits per heavy atom. The monoisotopic (exact) mass is 238 g/mol. The number of hydrogen-bond donors (Lipinski definition) is 2. The molecule has 1 atom stereocenters. The van der Waals surface area contributed by atoms with Crippen molar-refractivity contribution in [1.29, 1.82) is 0 Å². The third kappa shape index (κ3) is 2.05. The van der Waals surface area contributed by atoms with Crippen molar-refractivity contribution in [2.24, 2.45) is 0 Å². The maximum atomic E-state index is 13.8. The summed E-state index contributed by atoms with van der Waals surface area (Å²) < 4.78 is 13.8. The summed E-state index contributed by atoms with van der Waals surface area (Å²) in [6.45, 7) is 2.75. The van der Waals surface area contributed by atoms with E-state index in [-0.39, 0.29) is 17.3 Å². The Kier molecular flexibility index (Phi) is 2.92. The predicted molar refractivity (Wildman–Crippen MR) is 63.8 cm³/mol. The first-order chi connectivity index (χ1) is 8.00. The minimum atomic E-state index is -1.13. The van der Waals surface area contributed by atoms with Gasteiger partial charge >= 0.3 is 5.97 Å². The molecule has 1 unspecified atom stereocenters. The first kappa shape index (κ1) is 11.7. The van der Waals surface area contributed by atoms with Crippen LogP contribution in [0.5, 0.6) is 0 Å². The molecule has 2 rings (SSSR count). The number of hydrogen-bond acceptors (Lipinski definition) is 3. The Hall–Kier alpha value is -1.78. The standard InChI is InChI=1S/C12H15FN2O2/c1-7-3-2-4-15(7)11-5-8(12(16)17)10(14)6-9(11)13/h5-7H,2-4,14H2,1H3,(H,16,17). The molecule has 1 aliphatic heterocycles. The van der Waals surface area contributed by atoms with Gasteiger partial charge in [0.15, 0.2) is 0 Å². The molecule has 0 aromatic heterocycles. The van der Waals surface area contributed by atoms with Crippen molar-refractivity contribution in [3.05, 3.63) is 23.5 Å². The van der Waals surface area contributed by atoms with Crippen molar-refractivity contribution in [2.75, 3.05) is 17.2 Å². The minimum absolute atomic E-state index is 0.0365. The molecule has 1 aromatic rings. The molecule has 0 radical (unpaired) electrons. The highest BCUT2D eigenvalue weighted by Crippen LogP contribution is 2.30. The maximum absolute atomic E-state index is 13.8. The Labute approximate surface area is 98.8 Å². The van der Waals surface area contributed by atoms with Crippen molar-refractivity contribution in [2.45, 2.75) is 25.8 Å². The van der Waals surface area contributed by atoms with Gasteiger partial charge in [-0.15, -0.1) is 0 Å². The normalized spacial score (nSPS) is 19.6. The van der Waals surface area contributed by atoms with Gasteiger partial charge in [-0.2, -0.15) is 0 Å². The second-order valence-electron chi connectivity index (χ2n) is 4.38. The molecular weight excluding hydrogens is 223 g/mol. The molecule has 3 N–H and O–H groups in total. The Bertz CT molecular complexity index is 462. The number of nitrogen functional groups attached to an aromatic ring is 1. The summed E-state index contributed by atoms with van der Waals surface area (Å²) in [5.41, 5.74) is 5.74. The zero-order valence-corrected chi connectivity index (χ0v) is 9.61. The van der Waals surface area contributed by atoms with Crippen molar-refractivity contribution >= 4 is 17.3 Å². The molecule has 92 valence electrons. The van der Waals surface area contributed by atoms with Crippen molar-refractivity contribution < 1.29 is 14.3 Å². The van der Waals surface area contributed by atoms with Gasteiger partial charge in [0, 0.05) is 18.3 Å². The van der Waals surface area contributed by atoms with Gasteiger partial charge in [-0.3, -0.25) is 0 Å². The quantitative estimate of drug-likeness (QED) is 0.774. The van der Waals surface area contributed by atoms with Crippen LogP contribution < -0.4 is 10.6 Å². The molecule has 0 amide bonds. The van der Waals surface area contributed by atoms with E-state index in [1.807, 2.05) is 11.8 Å². The van der Waals surface area contributed by atoms with E-state index in [1.165, 1.54) is 6.07 Å². The van der Waals surface area contributed by atoms with Crippen LogP contribution in [0.15, 0.2) is 12.1 Å². The Balaban J connectivity index is 2.46. The van der Waals surface area contributed by atoms with Crippen LogP contribution in [-0.4, -0.2) is 23.7 Å². The fourth-order valence-corrected chi connectivity index (χ4v) is 2.27. The largest absolute Gasteiger partial charge is 0.478 e. The topological polar surface area (TPSA) is 66.6 Å². The lowest BCUT2D eigenvalue weighted by molar-refractivity contribution is 0.0698. The molecule has 1 aromatic carbocycles. The van der Waals surface area contributed by atoms with Gasteiger partial charge in [0.25, 0.3) is 0 Å². The van der Waals surface area contributed by atoms with E-state index in [1.54, 1.807) is 0 Å². The first-order valence-electron chi connectivity index (χ1n) is 5.59. The molecule has 17 heavy (non-hydrogen) atoms. The lowest BCUT2D eigenvalue weighted by Gasteiger charge is -2.24. The summed E-state index contributed by atoms with van der Waals surface area (Å²) in [7, 11) is 0. The number of nitrogens with two attached hydrogens (primary N) is 1. The van der Waals surface area contributed by atoms with E-state index < -0.39 is 11.8 Å². The minimum Gasteiger partial charge on any atom is -0.478 e.